The zero-order valence-corrected chi connectivity index (χ0v) is 42.0. The highest BCUT2D eigenvalue weighted by Gasteiger charge is 2.54. The topological polar surface area (TPSA) is 181 Å². The van der Waals surface area contributed by atoms with Gasteiger partial charge in [0.2, 0.25) is 0 Å². The molecule has 65 heavy (non-hydrogen) atoms. The van der Waals surface area contributed by atoms with Crippen LogP contribution in [0.5, 0.6) is 0 Å². The Morgan fingerprint density at radius 3 is 2.15 bits per heavy atom. The lowest BCUT2D eigenvalue weighted by Gasteiger charge is -2.49. The summed E-state index contributed by atoms with van der Waals surface area (Å²) in [6.07, 6.45) is -8.26. The molecule has 0 unspecified atom stereocenters. The Kier molecular flexibility index (Phi) is 19.3. The van der Waals surface area contributed by atoms with Crippen LogP contribution >= 0.6 is 0 Å². The van der Waals surface area contributed by atoms with Gasteiger partial charge in [-0.05, 0) is 93.4 Å². The Labute approximate surface area is 388 Å². The lowest BCUT2D eigenvalue weighted by Crippen LogP contribution is -2.61. The van der Waals surface area contributed by atoms with Gasteiger partial charge in [-0.1, -0.05) is 65.0 Å². The standard InChI is InChI=1S/C49H82N2O14/c1-17-37-47(9,10)41(53)32(6)51(15)26-28(2)24-48(11,56)42(64-45-40(61-34(8)52)36(50(13)14)23-29(3)59-45)30(4)39(31(5)44(54)62-37)63-38-25-49(12,57-16)43(33(7)60-38)65-46(55)58-27-35-21-19-18-20-22-35/h18-22,28-33,36-43,45,53,56H,17,23-27H2,1-16H3/t28-,29-,30+,31-,32-,33+,36+,37-,38+,39+,40-,41-,42-,43+,45+,48-,49-/m1/s1. The minimum Gasteiger partial charge on any atom is -0.461 e. The number of nitrogens with zero attached hydrogens (tertiary/aromatic N) is 2. The van der Waals surface area contributed by atoms with Gasteiger partial charge in [0.1, 0.15) is 18.3 Å². The number of likely N-dealkylation sites (N-methyl/N-ethyl adjacent to an activating group) is 2. The van der Waals surface area contributed by atoms with E-state index in [4.69, 9.17) is 42.6 Å². The summed E-state index contributed by atoms with van der Waals surface area (Å²) in [6.45, 7) is 22.3. The molecule has 3 heterocycles. The first-order valence-electron chi connectivity index (χ1n) is 23.4. The third-order valence-electron chi connectivity index (χ3n) is 14.2. The second kappa shape index (κ2) is 22.9. The number of carbonyl (C=O) groups is 3. The van der Waals surface area contributed by atoms with Crippen molar-refractivity contribution in [1.82, 2.24) is 9.80 Å². The van der Waals surface area contributed by atoms with E-state index < -0.39 is 102 Å². The SMILES string of the molecule is CC[C@H]1OC(=O)[C@H](C)[C@@H](O[C@H]2C[C@@](C)(OC)[C@@H](OC(=O)OCc3ccccc3)[C@H](C)O2)[C@H](C)[C@@H](O[C@@H]2O[C@H](C)C[C@H](N(C)C)[C@H]2OC(C)=O)[C@](C)(O)C[C@@H](C)CN(C)[C@H](C)[C@@H](O)C1(C)C. The molecule has 17 atom stereocenters. The number of benzene rings is 1. The van der Waals surface area contributed by atoms with Crippen molar-refractivity contribution in [1.29, 1.82) is 0 Å². The smallest absolute Gasteiger partial charge is 0.461 e. The molecule has 16 heteroatoms. The average Bonchev–Trinajstić information content (AvgIpc) is 3.23. The van der Waals surface area contributed by atoms with Crippen molar-refractivity contribution in [2.45, 2.75) is 200 Å². The first kappa shape index (κ1) is 54.7. The summed E-state index contributed by atoms with van der Waals surface area (Å²) in [7, 11) is 7.26. The van der Waals surface area contributed by atoms with Crippen molar-refractivity contribution < 1.29 is 67.2 Å². The fourth-order valence-corrected chi connectivity index (χ4v) is 10.4. The van der Waals surface area contributed by atoms with Crippen molar-refractivity contribution in [3.8, 4) is 0 Å². The zero-order valence-electron chi connectivity index (χ0n) is 42.0. The van der Waals surface area contributed by atoms with Crippen LogP contribution < -0.4 is 0 Å². The molecule has 0 amide bonds. The van der Waals surface area contributed by atoms with Gasteiger partial charge in [-0.2, -0.15) is 0 Å². The van der Waals surface area contributed by atoms with Crippen LogP contribution in [-0.2, 0) is 58.8 Å². The molecule has 0 bridgehead atoms. The van der Waals surface area contributed by atoms with Crippen LogP contribution in [-0.4, -0.2) is 158 Å². The molecule has 2 N–H and O–H groups in total. The quantitative estimate of drug-likeness (QED) is 0.192. The number of hydrogen-bond donors (Lipinski definition) is 2. The number of aliphatic hydroxyl groups excluding tert-OH is 1. The van der Waals surface area contributed by atoms with E-state index in [-0.39, 0.29) is 43.6 Å². The van der Waals surface area contributed by atoms with Crippen LogP contribution in [0.25, 0.3) is 0 Å². The fourth-order valence-electron chi connectivity index (χ4n) is 10.4. The third-order valence-corrected chi connectivity index (χ3v) is 14.2. The Morgan fingerprint density at radius 2 is 1.57 bits per heavy atom. The summed E-state index contributed by atoms with van der Waals surface area (Å²) in [6, 6.07) is 8.65. The molecule has 1 aromatic rings. The van der Waals surface area contributed by atoms with Gasteiger partial charge in [-0.15, -0.1) is 0 Å². The molecule has 16 nitrogen and oxygen atoms in total. The van der Waals surface area contributed by atoms with Crippen LogP contribution in [0.15, 0.2) is 30.3 Å². The average molecular weight is 923 g/mol. The lowest BCUT2D eigenvalue weighted by molar-refractivity contribution is -0.319. The Bertz CT molecular complexity index is 1680. The first-order chi connectivity index (χ1) is 30.3. The molecule has 3 aliphatic rings. The van der Waals surface area contributed by atoms with Gasteiger partial charge in [0.05, 0.1) is 48.1 Å². The van der Waals surface area contributed by atoms with Gasteiger partial charge in [-0.3, -0.25) is 9.59 Å². The van der Waals surface area contributed by atoms with Crippen LogP contribution in [0.2, 0.25) is 0 Å². The number of aliphatic hydroxyl groups is 2. The highest BCUT2D eigenvalue weighted by atomic mass is 16.8. The van der Waals surface area contributed by atoms with E-state index in [1.165, 1.54) is 14.0 Å². The van der Waals surface area contributed by atoms with E-state index in [1.807, 2.05) is 105 Å². The Morgan fingerprint density at radius 1 is 0.923 bits per heavy atom. The van der Waals surface area contributed by atoms with Gasteiger partial charge in [-0.25, -0.2) is 4.79 Å². The minimum atomic E-state index is -1.60. The molecular formula is C49H82N2O14. The van der Waals surface area contributed by atoms with Gasteiger partial charge in [0.25, 0.3) is 0 Å². The summed E-state index contributed by atoms with van der Waals surface area (Å²) in [5, 5.41) is 24.8. The van der Waals surface area contributed by atoms with E-state index in [1.54, 1.807) is 27.7 Å². The molecule has 0 aromatic heterocycles. The second-order valence-electron chi connectivity index (χ2n) is 20.5. The Balaban J connectivity index is 1.79. The van der Waals surface area contributed by atoms with Crippen LogP contribution in [0.4, 0.5) is 4.79 Å². The summed E-state index contributed by atoms with van der Waals surface area (Å²) < 4.78 is 56.6. The van der Waals surface area contributed by atoms with Crippen LogP contribution in [0.1, 0.15) is 114 Å². The first-order valence-corrected chi connectivity index (χ1v) is 23.4. The second-order valence-corrected chi connectivity index (χ2v) is 20.5. The molecule has 0 radical (unpaired) electrons. The molecule has 4 rings (SSSR count). The highest BCUT2D eigenvalue weighted by Crippen LogP contribution is 2.42. The number of carbonyl (C=O) groups excluding carboxylic acids is 3. The molecule has 3 fully saturated rings. The molecular weight excluding hydrogens is 841 g/mol. The maximum absolute atomic E-state index is 14.7. The predicted octanol–water partition coefficient (Wildman–Crippen LogP) is 6.11. The van der Waals surface area contributed by atoms with E-state index in [0.29, 0.717) is 19.4 Å². The number of esters is 2. The molecule has 372 valence electrons. The lowest BCUT2D eigenvalue weighted by atomic mass is 9.76. The largest absolute Gasteiger partial charge is 0.509 e. The number of ether oxygens (including phenoxy) is 9. The van der Waals surface area contributed by atoms with E-state index in [0.717, 1.165) is 5.56 Å². The summed E-state index contributed by atoms with van der Waals surface area (Å²) in [4.78, 5) is 44.4. The minimum absolute atomic E-state index is 0.0173. The van der Waals surface area contributed by atoms with Crippen LogP contribution in [0.3, 0.4) is 0 Å². The van der Waals surface area contributed by atoms with Gasteiger partial charge < -0.3 is 62.6 Å². The molecule has 3 saturated heterocycles. The Hall–Kier alpha value is -2.93. The monoisotopic (exact) mass is 923 g/mol. The van der Waals surface area contributed by atoms with Crippen molar-refractivity contribution >= 4 is 18.1 Å². The van der Waals surface area contributed by atoms with Crippen molar-refractivity contribution in [2.75, 3.05) is 34.8 Å². The van der Waals surface area contributed by atoms with Crippen molar-refractivity contribution in [3.05, 3.63) is 35.9 Å². The molecule has 3 aliphatic heterocycles. The van der Waals surface area contributed by atoms with E-state index in [9.17, 15) is 24.6 Å². The van der Waals surface area contributed by atoms with Gasteiger partial charge in [0, 0.05) is 44.4 Å². The number of rotatable bonds is 11. The normalized spacial score (nSPS) is 40.2. The van der Waals surface area contributed by atoms with Gasteiger partial charge in [0.15, 0.2) is 24.8 Å². The molecule has 0 spiro atoms. The number of methoxy groups -OCH3 is 1. The fraction of sp³-hybridized carbons (Fsp3) is 0.816. The zero-order chi connectivity index (χ0) is 48.8. The van der Waals surface area contributed by atoms with Gasteiger partial charge >= 0.3 is 18.1 Å². The predicted molar refractivity (Wildman–Crippen MR) is 242 cm³/mol. The van der Waals surface area contributed by atoms with E-state index in [2.05, 4.69) is 4.90 Å². The highest BCUT2D eigenvalue weighted by molar-refractivity contribution is 5.73. The van der Waals surface area contributed by atoms with Crippen molar-refractivity contribution in [2.24, 2.45) is 23.2 Å². The number of hydrogen-bond acceptors (Lipinski definition) is 16. The summed E-state index contributed by atoms with van der Waals surface area (Å²) in [5.74, 6) is -2.99. The van der Waals surface area contributed by atoms with E-state index >= 15 is 0 Å². The van der Waals surface area contributed by atoms with Crippen LogP contribution in [0, 0.1) is 23.2 Å². The summed E-state index contributed by atoms with van der Waals surface area (Å²) in [5.41, 5.74) is -2.80. The molecule has 1 aromatic carbocycles. The van der Waals surface area contributed by atoms with Crippen molar-refractivity contribution in [3.63, 3.8) is 0 Å². The third kappa shape index (κ3) is 13.6. The maximum atomic E-state index is 14.7. The molecule has 0 aliphatic carbocycles. The maximum Gasteiger partial charge on any atom is 0.509 e. The number of cyclic esters (lactones) is 1. The molecule has 0 saturated carbocycles. The summed E-state index contributed by atoms with van der Waals surface area (Å²) >= 11 is 0.